The summed E-state index contributed by atoms with van der Waals surface area (Å²) in [5, 5.41) is 13.0. The van der Waals surface area contributed by atoms with Crippen molar-refractivity contribution in [3.8, 4) is 0 Å². The lowest BCUT2D eigenvalue weighted by Crippen LogP contribution is -2.29. The molecule has 0 saturated carbocycles. The Morgan fingerprint density at radius 3 is 2.46 bits per heavy atom. The molecule has 3 aromatic rings. The topological polar surface area (TPSA) is 53.4 Å². The minimum atomic E-state index is -0.574. The molecule has 0 aliphatic rings. The molecule has 1 heterocycles. The molecular weight excluding hydrogens is 344 g/mol. The van der Waals surface area contributed by atoms with E-state index in [1.54, 1.807) is 11.9 Å². The van der Waals surface area contributed by atoms with Crippen molar-refractivity contribution in [1.29, 1.82) is 0 Å². The predicted molar refractivity (Wildman–Crippen MR) is 104 cm³/mol. The largest absolute Gasteiger partial charge is 0.388 e. The van der Waals surface area contributed by atoms with Crippen LogP contribution in [0.5, 0.6) is 0 Å². The van der Waals surface area contributed by atoms with E-state index in [9.17, 15) is 9.90 Å². The third-order valence-electron chi connectivity index (χ3n) is 4.24. The Bertz CT molecular complexity index is 833. The van der Waals surface area contributed by atoms with Crippen LogP contribution in [0.15, 0.2) is 66.0 Å². The van der Waals surface area contributed by atoms with Gasteiger partial charge in [0.15, 0.2) is 0 Å². The van der Waals surface area contributed by atoms with Gasteiger partial charge >= 0.3 is 0 Å². The van der Waals surface area contributed by atoms with E-state index < -0.39 is 6.10 Å². The standard InChI is InChI=1S/C21H22N2O2S/c1-23(13-12-19(24)17-10-6-3-7-11-17)21(25)18-15-26-20(22-18)14-16-8-4-2-5-9-16/h2-11,15,19,24H,12-14H2,1H3. The van der Waals surface area contributed by atoms with Crippen LogP contribution in [-0.2, 0) is 6.42 Å². The minimum Gasteiger partial charge on any atom is -0.388 e. The highest BCUT2D eigenvalue weighted by atomic mass is 32.1. The summed E-state index contributed by atoms with van der Waals surface area (Å²) in [6.45, 7) is 0.473. The summed E-state index contributed by atoms with van der Waals surface area (Å²) in [7, 11) is 1.75. The maximum atomic E-state index is 12.5. The van der Waals surface area contributed by atoms with Crippen molar-refractivity contribution in [3.63, 3.8) is 0 Å². The summed E-state index contributed by atoms with van der Waals surface area (Å²) in [6, 6.07) is 19.6. The second-order valence-electron chi connectivity index (χ2n) is 6.23. The van der Waals surface area contributed by atoms with Gasteiger partial charge in [-0.25, -0.2) is 4.98 Å². The van der Waals surface area contributed by atoms with Gasteiger partial charge in [-0.15, -0.1) is 11.3 Å². The zero-order valence-corrected chi connectivity index (χ0v) is 15.5. The number of rotatable bonds is 7. The molecule has 1 aromatic heterocycles. The van der Waals surface area contributed by atoms with Gasteiger partial charge < -0.3 is 10.0 Å². The molecule has 0 fully saturated rings. The molecule has 0 radical (unpaired) electrons. The van der Waals surface area contributed by atoms with Crippen LogP contribution in [0.3, 0.4) is 0 Å². The molecule has 1 unspecified atom stereocenters. The number of aromatic nitrogens is 1. The number of carbonyl (C=O) groups is 1. The molecule has 4 nitrogen and oxygen atoms in total. The summed E-state index contributed by atoms with van der Waals surface area (Å²) in [4.78, 5) is 18.6. The van der Waals surface area contributed by atoms with Gasteiger partial charge in [-0.1, -0.05) is 60.7 Å². The molecule has 3 rings (SSSR count). The van der Waals surface area contributed by atoms with Gasteiger partial charge in [-0.2, -0.15) is 0 Å². The van der Waals surface area contributed by atoms with Crippen LogP contribution in [-0.4, -0.2) is 34.5 Å². The Balaban J connectivity index is 1.55. The van der Waals surface area contributed by atoms with Crippen LogP contribution in [0.2, 0.25) is 0 Å². The molecule has 0 aliphatic carbocycles. The van der Waals surface area contributed by atoms with E-state index in [-0.39, 0.29) is 5.91 Å². The number of aliphatic hydroxyl groups excluding tert-OH is 1. The van der Waals surface area contributed by atoms with Crippen molar-refractivity contribution >= 4 is 17.2 Å². The van der Waals surface area contributed by atoms with Gasteiger partial charge in [0, 0.05) is 25.4 Å². The van der Waals surface area contributed by atoms with E-state index in [0.29, 0.717) is 18.7 Å². The van der Waals surface area contributed by atoms with Crippen LogP contribution in [0.25, 0.3) is 0 Å². The number of hydrogen-bond acceptors (Lipinski definition) is 4. The summed E-state index contributed by atoms with van der Waals surface area (Å²) in [6.07, 6.45) is 0.651. The lowest BCUT2D eigenvalue weighted by atomic mass is 10.1. The number of aliphatic hydroxyl groups is 1. The van der Waals surface area contributed by atoms with Crippen LogP contribution in [0, 0.1) is 0 Å². The van der Waals surface area contributed by atoms with Gasteiger partial charge in [0.05, 0.1) is 11.1 Å². The highest BCUT2D eigenvalue weighted by Gasteiger charge is 2.17. The average molecular weight is 366 g/mol. The van der Waals surface area contributed by atoms with Gasteiger partial charge in [-0.3, -0.25) is 4.79 Å². The zero-order valence-electron chi connectivity index (χ0n) is 14.7. The molecule has 0 aliphatic heterocycles. The smallest absolute Gasteiger partial charge is 0.273 e. The van der Waals surface area contributed by atoms with Gasteiger partial charge in [0.2, 0.25) is 0 Å². The number of hydrogen-bond donors (Lipinski definition) is 1. The molecular formula is C21H22N2O2S. The quantitative estimate of drug-likeness (QED) is 0.689. The van der Waals surface area contributed by atoms with Crippen molar-refractivity contribution in [3.05, 3.63) is 87.9 Å². The van der Waals surface area contributed by atoms with Crippen LogP contribution < -0.4 is 0 Å². The first-order valence-corrected chi connectivity index (χ1v) is 9.48. The second kappa shape index (κ2) is 8.74. The van der Waals surface area contributed by atoms with E-state index >= 15 is 0 Å². The maximum Gasteiger partial charge on any atom is 0.273 e. The number of nitrogens with zero attached hydrogens (tertiary/aromatic N) is 2. The Labute approximate surface area is 157 Å². The Morgan fingerprint density at radius 1 is 1.12 bits per heavy atom. The molecule has 0 saturated heterocycles. The van der Waals surface area contributed by atoms with Crippen LogP contribution >= 0.6 is 11.3 Å². The van der Waals surface area contributed by atoms with Crippen molar-refractivity contribution in [1.82, 2.24) is 9.88 Å². The van der Waals surface area contributed by atoms with Crippen molar-refractivity contribution in [2.24, 2.45) is 0 Å². The van der Waals surface area contributed by atoms with Crippen molar-refractivity contribution in [2.45, 2.75) is 18.9 Å². The van der Waals surface area contributed by atoms with Crippen molar-refractivity contribution < 1.29 is 9.90 Å². The average Bonchev–Trinajstić information content (AvgIpc) is 3.15. The molecule has 134 valence electrons. The summed E-state index contributed by atoms with van der Waals surface area (Å²) in [5.41, 5.74) is 2.52. The van der Waals surface area contributed by atoms with E-state index in [1.165, 1.54) is 16.9 Å². The fraction of sp³-hybridized carbons (Fsp3) is 0.238. The molecule has 1 amide bonds. The summed E-state index contributed by atoms with van der Waals surface area (Å²) < 4.78 is 0. The summed E-state index contributed by atoms with van der Waals surface area (Å²) in [5.74, 6) is -0.110. The Morgan fingerprint density at radius 2 is 1.77 bits per heavy atom. The molecule has 0 spiro atoms. The molecule has 1 N–H and O–H groups in total. The number of benzene rings is 2. The van der Waals surface area contributed by atoms with Crippen LogP contribution in [0.4, 0.5) is 0 Å². The number of amides is 1. The fourth-order valence-electron chi connectivity index (χ4n) is 2.72. The van der Waals surface area contributed by atoms with Gasteiger partial charge in [0.1, 0.15) is 5.69 Å². The number of thiazole rings is 1. The first-order valence-electron chi connectivity index (χ1n) is 8.60. The minimum absolute atomic E-state index is 0.110. The van der Waals surface area contributed by atoms with Crippen molar-refractivity contribution in [2.75, 3.05) is 13.6 Å². The highest BCUT2D eigenvalue weighted by molar-refractivity contribution is 7.09. The predicted octanol–water partition coefficient (Wildman–Crippen LogP) is 3.93. The van der Waals surface area contributed by atoms with Gasteiger partial charge in [0.25, 0.3) is 5.91 Å². The maximum absolute atomic E-state index is 12.5. The lowest BCUT2D eigenvalue weighted by Gasteiger charge is -2.18. The lowest BCUT2D eigenvalue weighted by molar-refractivity contribution is 0.0756. The SMILES string of the molecule is CN(CCC(O)c1ccccc1)C(=O)c1csc(Cc2ccccc2)n1. The normalized spacial score (nSPS) is 11.9. The zero-order chi connectivity index (χ0) is 18.4. The first-order chi connectivity index (χ1) is 12.6. The monoisotopic (exact) mass is 366 g/mol. The summed E-state index contributed by atoms with van der Waals surface area (Å²) >= 11 is 1.50. The van der Waals surface area contributed by atoms with Crippen LogP contribution in [0.1, 0.15) is 39.1 Å². The second-order valence-corrected chi connectivity index (χ2v) is 7.17. The third-order valence-corrected chi connectivity index (χ3v) is 5.09. The molecule has 5 heteroatoms. The first kappa shape index (κ1) is 18.3. The number of carbonyl (C=O) groups excluding carboxylic acids is 1. The van der Waals surface area contributed by atoms with E-state index in [0.717, 1.165) is 17.0 Å². The molecule has 0 bridgehead atoms. The molecule has 2 aromatic carbocycles. The Kier molecular flexibility index (Phi) is 6.15. The molecule has 1 atom stereocenters. The molecule has 26 heavy (non-hydrogen) atoms. The fourth-order valence-corrected chi connectivity index (χ4v) is 3.52. The van der Waals surface area contributed by atoms with Gasteiger partial charge in [-0.05, 0) is 17.5 Å². The highest BCUT2D eigenvalue weighted by Crippen LogP contribution is 2.18. The van der Waals surface area contributed by atoms with E-state index in [1.807, 2.05) is 53.9 Å². The van der Waals surface area contributed by atoms with E-state index in [2.05, 4.69) is 17.1 Å². The van der Waals surface area contributed by atoms with E-state index in [4.69, 9.17) is 0 Å². The third kappa shape index (κ3) is 4.77. The Hall–Kier alpha value is -2.50.